The summed E-state index contributed by atoms with van der Waals surface area (Å²) < 4.78 is 9.99. The Balaban J connectivity index is 2.57. The van der Waals surface area contributed by atoms with Gasteiger partial charge in [0.25, 0.3) is 0 Å². The molecule has 0 radical (unpaired) electrons. The van der Waals surface area contributed by atoms with Gasteiger partial charge < -0.3 is 15.2 Å². The number of hydrogen-bond donors (Lipinski definition) is 1. The highest BCUT2D eigenvalue weighted by molar-refractivity contribution is 5.71. The first kappa shape index (κ1) is 12.4. The summed E-state index contributed by atoms with van der Waals surface area (Å²) in [4.78, 5) is 11.1. The second kappa shape index (κ2) is 6.00. The normalized spacial score (nSPS) is 9.88. The first-order valence-corrected chi connectivity index (χ1v) is 5.34. The van der Waals surface area contributed by atoms with Crippen molar-refractivity contribution in [2.24, 2.45) is 0 Å². The number of anilines is 1. The van der Waals surface area contributed by atoms with Crippen LogP contribution in [0.1, 0.15) is 19.4 Å². The highest BCUT2D eigenvalue weighted by Gasteiger charge is 2.05. The maximum atomic E-state index is 11.1. The summed E-state index contributed by atoms with van der Waals surface area (Å²) in [6, 6.07) is 5.55. The maximum absolute atomic E-state index is 11.1. The van der Waals surface area contributed by atoms with Crippen molar-refractivity contribution < 1.29 is 14.3 Å². The molecule has 0 aliphatic rings. The molecule has 0 aromatic heterocycles. The lowest BCUT2D eigenvalue weighted by molar-refractivity contribution is -0.145. The molecule has 0 aliphatic carbocycles. The van der Waals surface area contributed by atoms with Crippen LogP contribution in [0, 0.1) is 0 Å². The summed E-state index contributed by atoms with van der Waals surface area (Å²) in [6.45, 7) is 4.05. The van der Waals surface area contributed by atoms with E-state index in [2.05, 4.69) is 0 Å². The monoisotopic (exact) mass is 223 g/mol. The standard InChI is InChI=1S/C12H17NO3/c1-3-9-5-6-11(10(13)7-9)16-8-12(14)15-4-2/h5-7H,3-4,8,13H2,1-2H3. The topological polar surface area (TPSA) is 61.5 Å². The van der Waals surface area contributed by atoms with E-state index < -0.39 is 0 Å². The summed E-state index contributed by atoms with van der Waals surface area (Å²) in [6.07, 6.45) is 0.919. The van der Waals surface area contributed by atoms with E-state index in [1.165, 1.54) is 0 Å². The second-order valence-electron chi connectivity index (χ2n) is 3.32. The number of carbonyl (C=O) groups is 1. The van der Waals surface area contributed by atoms with E-state index in [1.54, 1.807) is 13.0 Å². The molecule has 0 unspecified atom stereocenters. The number of hydrogen-bond acceptors (Lipinski definition) is 4. The fourth-order valence-electron chi connectivity index (χ4n) is 1.29. The van der Waals surface area contributed by atoms with E-state index in [1.807, 2.05) is 19.1 Å². The molecule has 0 heterocycles. The lowest BCUT2D eigenvalue weighted by Gasteiger charge is -2.09. The van der Waals surface area contributed by atoms with E-state index in [0.717, 1.165) is 12.0 Å². The van der Waals surface area contributed by atoms with Crippen LogP contribution in [0.2, 0.25) is 0 Å². The van der Waals surface area contributed by atoms with E-state index in [0.29, 0.717) is 18.0 Å². The van der Waals surface area contributed by atoms with Gasteiger partial charge in [-0.1, -0.05) is 13.0 Å². The summed E-state index contributed by atoms with van der Waals surface area (Å²) >= 11 is 0. The van der Waals surface area contributed by atoms with E-state index >= 15 is 0 Å². The van der Waals surface area contributed by atoms with Gasteiger partial charge in [-0.25, -0.2) is 4.79 Å². The molecule has 0 amide bonds. The van der Waals surface area contributed by atoms with E-state index in [4.69, 9.17) is 15.2 Å². The molecule has 16 heavy (non-hydrogen) atoms. The van der Waals surface area contributed by atoms with E-state index in [-0.39, 0.29) is 12.6 Å². The van der Waals surface area contributed by atoms with Gasteiger partial charge in [-0.05, 0) is 31.0 Å². The summed E-state index contributed by atoms with van der Waals surface area (Å²) in [5.74, 6) is 0.131. The number of ether oxygens (including phenoxy) is 2. The molecule has 1 aromatic rings. The zero-order valence-electron chi connectivity index (χ0n) is 9.66. The predicted molar refractivity (Wildman–Crippen MR) is 62.4 cm³/mol. The number of nitrogens with two attached hydrogens (primary N) is 1. The molecule has 0 spiro atoms. The van der Waals surface area contributed by atoms with Crippen molar-refractivity contribution in [1.29, 1.82) is 0 Å². The maximum Gasteiger partial charge on any atom is 0.344 e. The van der Waals surface area contributed by atoms with Crippen molar-refractivity contribution in [3.63, 3.8) is 0 Å². The van der Waals surface area contributed by atoms with Gasteiger partial charge in [0.15, 0.2) is 6.61 Å². The molecule has 0 fully saturated rings. The smallest absolute Gasteiger partial charge is 0.344 e. The molecule has 88 valence electrons. The minimum Gasteiger partial charge on any atom is -0.480 e. The van der Waals surface area contributed by atoms with Crippen LogP contribution in [0.5, 0.6) is 5.75 Å². The highest BCUT2D eigenvalue weighted by atomic mass is 16.6. The number of benzene rings is 1. The fraction of sp³-hybridized carbons (Fsp3) is 0.417. The van der Waals surface area contributed by atoms with Crippen molar-refractivity contribution in [1.82, 2.24) is 0 Å². The number of esters is 1. The van der Waals surface area contributed by atoms with Crippen molar-refractivity contribution in [3.05, 3.63) is 23.8 Å². The van der Waals surface area contributed by atoms with Gasteiger partial charge in [-0.3, -0.25) is 0 Å². The zero-order valence-corrected chi connectivity index (χ0v) is 9.66. The van der Waals surface area contributed by atoms with Crippen molar-refractivity contribution >= 4 is 11.7 Å². The van der Waals surface area contributed by atoms with Gasteiger partial charge in [0.05, 0.1) is 12.3 Å². The van der Waals surface area contributed by atoms with Crippen molar-refractivity contribution in [3.8, 4) is 5.75 Å². The molecule has 0 atom stereocenters. The van der Waals surface area contributed by atoms with Gasteiger partial charge in [-0.2, -0.15) is 0 Å². The highest BCUT2D eigenvalue weighted by Crippen LogP contribution is 2.22. The van der Waals surface area contributed by atoms with E-state index in [9.17, 15) is 4.79 Å². The Hall–Kier alpha value is -1.71. The minimum absolute atomic E-state index is 0.108. The summed E-state index contributed by atoms with van der Waals surface area (Å²) in [5, 5.41) is 0. The molecule has 0 bridgehead atoms. The average Bonchev–Trinajstić information content (AvgIpc) is 2.27. The molecule has 2 N–H and O–H groups in total. The van der Waals surface area contributed by atoms with Crippen molar-refractivity contribution in [2.75, 3.05) is 18.9 Å². The number of rotatable bonds is 5. The molecule has 0 saturated carbocycles. The lowest BCUT2D eigenvalue weighted by Crippen LogP contribution is -2.15. The Morgan fingerprint density at radius 1 is 1.38 bits per heavy atom. The van der Waals surface area contributed by atoms with Crippen molar-refractivity contribution in [2.45, 2.75) is 20.3 Å². The minimum atomic E-state index is -0.388. The Labute approximate surface area is 95.3 Å². The van der Waals surface area contributed by atoms with Gasteiger partial charge in [0, 0.05) is 0 Å². The molecule has 1 rings (SSSR count). The molecule has 1 aromatic carbocycles. The molecule has 0 saturated heterocycles. The SMILES string of the molecule is CCOC(=O)COc1ccc(CC)cc1N. The number of carbonyl (C=O) groups excluding carboxylic acids is 1. The molecular formula is C12H17NO3. The van der Waals surface area contributed by atoms with Crippen LogP contribution in [0.15, 0.2) is 18.2 Å². The molecule has 4 nitrogen and oxygen atoms in total. The molecule has 4 heteroatoms. The zero-order chi connectivity index (χ0) is 12.0. The summed E-state index contributed by atoms with van der Waals surface area (Å²) in [7, 11) is 0. The molecular weight excluding hydrogens is 206 g/mol. The van der Waals surface area contributed by atoms with Crippen LogP contribution < -0.4 is 10.5 Å². The third-order valence-corrected chi connectivity index (χ3v) is 2.13. The largest absolute Gasteiger partial charge is 0.480 e. The van der Waals surface area contributed by atoms with Gasteiger partial charge in [0.1, 0.15) is 5.75 Å². The Kier molecular flexibility index (Phi) is 4.64. The number of aryl methyl sites for hydroxylation is 1. The third-order valence-electron chi connectivity index (χ3n) is 2.13. The second-order valence-corrected chi connectivity index (χ2v) is 3.32. The Morgan fingerprint density at radius 2 is 2.12 bits per heavy atom. The Morgan fingerprint density at radius 3 is 2.69 bits per heavy atom. The average molecular weight is 223 g/mol. The third kappa shape index (κ3) is 3.46. The van der Waals surface area contributed by atoms with Crippen LogP contribution in [-0.4, -0.2) is 19.2 Å². The predicted octanol–water partition coefficient (Wildman–Crippen LogP) is 1.77. The summed E-state index contributed by atoms with van der Waals surface area (Å²) in [5.41, 5.74) is 7.46. The quantitative estimate of drug-likeness (QED) is 0.610. The molecule has 0 aliphatic heterocycles. The van der Waals surface area contributed by atoms with Crippen LogP contribution >= 0.6 is 0 Å². The fourth-order valence-corrected chi connectivity index (χ4v) is 1.29. The van der Waals surface area contributed by atoms with Crippen LogP contribution in [0.4, 0.5) is 5.69 Å². The first-order chi connectivity index (χ1) is 7.67. The van der Waals surface area contributed by atoms with Gasteiger partial charge in [0.2, 0.25) is 0 Å². The van der Waals surface area contributed by atoms with Crippen LogP contribution in [0.3, 0.4) is 0 Å². The van der Waals surface area contributed by atoms with Crippen LogP contribution in [-0.2, 0) is 16.0 Å². The first-order valence-electron chi connectivity index (χ1n) is 5.34. The lowest BCUT2D eigenvalue weighted by atomic mass is 10.1. The van der Waals surface area contributed by atoms with Crippen LogP contribution in [0.25, 0.3) is 0 Å². The number of nitrogen functional groups attached to an aromatic ring is 1. The van der Waals surface area contributed by atoms with Gasteiger partial charge >= 0.3 is 5.97 Å². The van der Waals surface area contributed by atoms with Gasteiger partial charge in [-0.15, -0.1) is 0 Å². The Bertz CT molecular complexity index is 363.